The Bertz CT molecular complexity index is 1110. The predicted molar refractivity (Wildman–Crippen MR) is 120 cm³/mol. The molecule has 2 aromatic carbocycles. The molecule has 7 heteroatoms. The van der Waals surface area contributed by atoms with Crippen LogP contribution in [-0.2, 0) is 11.2 Å². The molecule has 0 bridgehead atoms. The largest absolute Gasteiger partial charge is 0.445 e. The number of aromatic nitrogens is 1. The number of hydrogen-bond acceptors (Lipinski definition) is 5. The number of anilines is 1. The Balaban J connectivity index is 1.15. The summed E-state index contributed by atoms with van der Waals surface area (Å²) in [4.78, 5) is 16.9. The molecule has 0 aliphatic carbocycles. The summed E-state index contributed by atoms with van der Waals surface area (Å²) < 4.78 is 24.5. The first-order valence-electron chi connectivity index (χ1n) is 11.4. The molecule has 0 N–H and O–H groups in total. The monoisotopic (exact) mass is 437 g/mol. The topological polar surface area (TPSA) is 58.8 Å². The summed E-state index contributed by atoms with van der Waals surface area (Å²) >= 11 is 0. The molecule has 0 radical (unpaired) electrons. The van der Waals surface area contributed by atoms with Crippen LogP contribution in [0.3, 0.4) is 0 Å². The van der Waals surface area contributed by atoms with Crippen molar-refractivity contribution in [3.05, 3.63) is 59.5 Å². The Labute approximate surface area is 186 Å². The van der Waals surface area contributed by atoms with Crippen molar-refractivity contribution in [3.63, 3.8) is 0 Å². The zero-order chi connectivity index (χ0) is 22.1. The van der Waals surface area contributed by atoms with E-state index in [1.807, 2.05) is 25.1 Å². The fourth-order valence-electron chi connectivity index (χ4n) is 4.97. The number of nitrogens with zero attached hydrogens (tertiary/aromatic N) is 3. The molecule has 1 unspecified atom stereocenters. The van der Waals surface area contributed by atoms with Gasteiger partial charge in [-0.25, -0.2) is 9.18 Å². The van der Waals surface area contributed by atoms with Gasteiger partial charge in [0.25, 0.3) is 0 Å². The van der Waals surface area contributed by atoms with Crippen molar-refractivity contribution in [1.29, 1.82) is 0 Å². The molecular weight excluding hydrogens is 409 g/mol. The van der Waals surface area contributed by atoms with Gasteiger partial charge in [-0.2, -0.15) is 0 Å². The van der Waals surface area contributed by atoms with E-state index in [4.69, 9.17) is 9.26 Å². The lowest BCUT2D eigenvalue weighted by molar-refractivity contribution is 0.0759. The summed E-state index contributed by atoms with van der Waals surface area (Å²) in [5.74, 6) is -0.0211. The molecule has 1 fully saturated rings. The van der Waals surface area contributed by atoms with Gasteiger partial charge < -0.3 is 9.26 Å². The van der Waals surface area contributed by atoms with Crippen LogP contribution in [0, 0.1) is 5.82 Å². The number of amides is 1. The summed E-state index contributed by atoms with van der Waals surface area (Å²) in [5, 5.41) is 5.12. The molecule has 2 aliphatic heterocycles. The maximum absolute atomic E-state index is 13.4. The fraction of sp³-hybridized carbons (Fsp3) is 0.440. The Morgan fingerprint density at radius 2 is 2.03 bits per heavy atom. The van der Waals surface area contributed by atoms with Crippen molar-refractivity contribution < 1.29 is 18.4 Å². The van der Waals surface area contributed by atoms with Gasteiger partial charge >= 0.3 is 6.09 Å². The van der Waals surface area contributed by atoms with E-state index in [9.17, 15) is 9.18 Å². The average molecular weight is 438 g/mol. The van der Waals surface area contributed by atoms with E-state index in [-0.39, 0.29) is 18.0 Å². The van der Waals surface area contributed by atoms with E-state index in [1.54, 1.807) is 11.0 Å². The number of carbonyl (C=O) groups is 1. The first-order valence-corrected chi connectivity index (χ1v) is 11.4. The summed E-state index contributed by atoms with van der Waals surface area (Å²) in [7, 11) is 0. The molecule has 2 aliphatic rings. The summed E-state index contributed by atoms with van der Waals surface area (Å²) in [6, 6.07) is 12.6. The van der Waals surface area contributed by atoms with Gasteiger partial charge in [0, 0.05) is 30.5 Å². The summed E-state index contributed by atoms with van der Waals surface area (Å²) in [6.45, 7) is 5.16. The van der Waals surface area contributed by atoms with Crippen molar-refractivity contribution in [2.45, 2.75) is 44.6 Å². The number of benzene rings is 2. The first-order chi connectivity index (χ1) is 15.6. The van der Waals surface area contributed by atoms with Gasteiger partial charge in [0.1, 0.15) is 11.9 Å². The van der Waals surface area contributed by atoms with E-state index >= 15 is 0 Å². The maximum Gasteiger partial charge on any atom is 0.414 e. The van der Waals surface area contributed by atoms with Gasteiger partial charge in [-0.15, -0.1) is 0 Å². The molecule has 5 rings (SSSR count). The molecular formula is C25H28FN3O3. The second-order valence-electron chi connectivity index (χ2n) is 8.86. The summed E-state index contributed by atoms with van der Waals surface area (Å²) in [6.07, 6.45) is 3.39. The molecule has 6 nitrogen and oxygen atoms in total. The molecule has 3 heterocycles. The highest BCUT2D eigenvalue weighted by Crippen LogP contribution is 2.33. The predicted octanol–water partition coefficient (Wildman–Crippen LogP) is 5.12. The van der Waals surface area contributed by atoms with Gasteiger partial charge in [-0.05, 0) is 69.5 Å². The highest BCUT2D eigenvalue weighted by atomic mass is 19.1. The SMILES string of the molecule is CC(CN1CCC(c2noc3cc(F)ccc23)CC1)OC(=O)N1CCCc2ccccc21. The lowest BCUT2D eigenvalue weighted by Gasteiger charge is -2.34. The van der Waals surface area contributed by atoms with Crippen molar-refractivity contribution >= 4 is 22.7 Å². The Kier molecular flexibility index (Phi) is 5.83. The number of aryl methyl sites for hydroxylation is 1. The van der Waals surface area contributed by atoms with Crippen molar-refractivity contribution in [2.24, 2.45) is 0 Å². The van der Waals surface area contributed by atoms with Crippen molar-refractivity contribution in [2.75, 3.05) is 31.1 Å². The molecule has 3 aromatic rings. The first kappa shape index (κ1) is 20.9. The number of halogens is 1. The third-order valence-corrected chi connectivity index (χ3v) is 6.58. The highest BCUT2D eigenvalue weighted by Gasteiger charge is 2.28. The lowest BCUT2D eigenvalue weighted by Crippen LogP contribution is -2.42. The molecule has 168 valence electrons. The summed E-state index contributed by atoms with van der Waals surface area (Å²) in [5.41, 5.74) is 3.59. The molecule has 0 saturated carbocycles. The van der Waals surface area contributed by atoms with Gasteiger partial charge in [0.05, 0.1) is 11.4 Å². The van der Waals surface area contributed by atoms with Crippen LogP contribution in [0.1, 0.15) is 43.4 Å². The second-order valence-corrected chi connectivity index (χ2v) is 8.86. The van der Waals surface area contributed by atoms with Crippen LogP contribution in [0.5, 0.6) is 0 Å². The third kappa shape index (κ3) is 4.21. The minimum Gasteiger partial charge on any atom is -0.445 e. The van der Waals surface area contributed by atoms with E-state index < -0.39 is 0 Å². The van der Waals surface area contributed by atoms with Crippen LogP contribution in [0.25, 0.3) is 11.0 Å². The van der Waals surface area contributed by atoms with E-state index in [0.717, 1.165) is 55.5 Å². The van der Waals surface area contributed by atoms with Crippen LogP contribution in [0.2, 0.25) is 0 Å². The van der Waals surface area contributed by atoms with Gasteiger partial charge in [0.15, 0.2) is 5.58 Å². The number of piperidine rings is 1. The number of fused-ring (bicyclic) bond motifs is 2. The molecule has 1 saturated heterocycles. The number of likely N-dealkylation sites (tertiary alicyclic amines) is 1. The zero-order valence-electron chi connectivity index (χ0n) is 18.3. The minimum atomic E-state index is -0.313. The Morgan fingerprint density at radius 1 is 1.22 bits per heavy atom. The van der Waals surface area contributed by atoms with Crippen LogP contribution >= 0.6 is 0 Å². The molecule has 1 atom stereocenters. The van der Waals surface area contributed by atoms with Gasteiger partial charge in [-0.3, -0.25) is 9.80 Å². The standard InChI is InChI=1S/C25H28FN3O3/c1-17(31-25(30)29-12-4-6-18-5-2-3-7-22(18)29)16-28-13-10-19(11-14-28)24-21-9-8-20(26)15-23(21)32-27-24/h2-3,5,7-9,15,17,19H,4,6,10-14,16H2,1H3. The zero-order valence-corrected chi connectivity index (χ0v) is 18.3. The average Bonchev–Trinajstić information content (AvgIpc) is 3.22. The van der Waals surface area contributed by atoms with Crippen LogP contribution < -0.4 is 4.90 Å². The maximum atomic E-state index is 13.4. The molecule has 1 aromatic heterocycles. The van der Waals surface area contributed by atoms with E-state index in [1.165, 1.54) is 17.7 Å². The van der Waals surface area contributed by atoms with E-state index in [2.05, 4.69) is 16.1 Å². The number of carbonyl (C=O) groups excluding carboxylic acids is 1. The fourth-order valence-corrected chi connectivity index (χ4v) is 4.97. The number of para-hydroxylation sites is 1. The quantitative estimate of drug-likeness (QED) is 0.567. The number of ether oxygens (including phenoxy) is 1. The molecule has 0 spiro atoms. The third-order valence-electron chi connectivity index (χ3n) is 6.58. The normalized spacial score (nSPS) is 18.5. The Hall–Kier alpha value is -2.93. The molecule has 1 amide bonds. The number of hydrogen-bond donors (Lipinski definition) is 0. The minimum absolute atomic E-state index is 0.191. The number of rotatable bonds is 4. The van der Waals surface area contributed by atoms with Crippen molar-refractivity contribution in [3.8, 4) is 0 Å². The van der Waals surface area contributed by atoms with Gasteiger partial charge in [0.2, 0.25) is 0 Å². The smallest absolute Gasteiger partial charge is 0.414 e. The highest BCUT2D eigenvalue weighted by molar-refractivity contribution is 5.89. The van der Waals surface area contributed by atoms with Crippen LogP contribution in [-0.4, -0.2) is 48.4 Å². The van der Waals surface area contributed by atoms with Gasteiger partial charge in [-0.1, -0.05) is 23.4 Å². The second kappa shape index (κ2) is 8.90. The lowest BCUT2D eigenvalue weighted by atomic mass is 9.91. The van der Waals surface area contributed by atoms with E-state index in [0.29, 0.717) is 24.6 Å². The van der Waals surface area contributed by atoms with Crippen LogP contribution in [0.15, 0.2) is 47.0 Å². The molecule has 32 heavy (non-hydrogen) atoms. The van der Waals surface area contributed by atoms with Crippen LogP contribution in [0.4, 0.5) is 14.9 Å². The van der Waals surface area contributed by atoms with Crippen molar-refractivity contribution in [1.82, 2.24) is 10.1 Å². The Morgan fingerprint density at radius 3 is 2.88 bits per heavy atom.